The fraction of sp³-hybridized carbons (Fsp3) is 0.333. The highest BCUT2D eigenvalue weighted by Crippen LogP contribution is 2.41. The van der Waals surface area contributed by atoms with Crippen LogP contribution in [0.3, 0.4) is 0 Å². The van der Waals surface area contributed by atoms with Crippen LogP contribution >= 0.6 is 0 Å². The molecule has 0 bridgehead atoms. The first-order valence-electron chi connectivity index (χ1n) is 9.02. The molecule has 5 heteroatoms. The monoisotopic (exact) mass is 352 g/mol. The van der Waals surface area contributed by atoms with Gasteiger partial charge >= 0.3 is 0 Å². The third kappa shape index (κ3) is 3.34. The molecule has 4 rings (SSSR count). The first-order chi connectivity index (χ1) is 12.6. The van der Waals surface area contributed by atoms with E-state index in [1.54, 1.807) is 6.07 Å². The van der Waals surface area contributed by atoms with Gasteiger partial charge in [0.1, 0.15) is 5.82 Å². The molecule has 2 N–H and O–H groups in total. The topological polar surface area (TPSA) is 58.2 Å². The van der Waals surface area contributed by atoms with Crippen LogP contribution in [0.15, 0.2) is 48.5 Å². The number of amides is 2. The van der Waals surface area contributed by atoms with Crippen molar-refractivity contribution in [3.05, 3.63) is 65.5 Å². The van der Waals surface area contributed by atoms with E-state index in [0.717, 1.165) is 12.8 Å². The molecular formula is C21H21FN2O2. The predicted molar refractivity (Wildman–Crippen MR) is 97.3 cm³/mol. The molecule has 2 aliphatic rings. The zero-order valence-electron chi connectivity index (χ0n) is 14.4. The van der Waals surface area contributed by atoms with Crippen LogP contribution in [0.2, 0.25) is 0 Å². The molecule has 26 heavy (non-hydrogen) atoms. The minimum absolute atomic E-state index is 0.0990. The lowest BCUT2D eigenvalue weighted by atomic mass is 9.71. The number of hydrogen-bond acceptors (Lipinski definition) is 2. The number of fused-ring (bicyclic) bond motifs is 1. The molecular weight excluding hydrogens is 331 g/mol. The second-order valence-electron chi connectivity index (χ2n) is 7.23. The normalized spacial score (nSPS) is 24.2. The quantitative estimate of drug-likeness (QED) is 0.884. The minimum atomic E-state index is -0.552. The fourth-order valence-corrected chi connectivity index (χ4v) is 3.94. The van der Waals surface area contributed by atoms with Gasteiger partial charge in [-0.2, -0.15) is 0 Å². The van der Waals surface area contributed by atoms with Gasteiger partial charge in [0.25, 0.3) is 0 Å². The molecule has 1 unspecified atom stereocenters. The standard InChI is InChI=1S/C21H21FN2O2/c22-16-6-7-17-18(11-20(25)24-19(17)10-16)21(26)23-12-13-8-15(9-13)14-4-2-1-3-5-14/h1-7,10,13,15,18H,8-9,11-12H2,(H,23,26)(H,24,25). The number of nitrogens with one attached hydrogen (secondary N) is 2. The Hall–Kier alpha value is -2.69. The van der Waals surface area contributed by atoms with Crippen LogP contribution in [0.1, 0.15) is 42.2 Å². The average molecular weight is 352 g/mol. The van der Waals surface area contributed by atoms with Gasteiger partial charge in [-0.3, -0.25) is 9.59 Å². The van der Waals surface area contributed by atoms with E-state index < -0.39 is 11.7 Å². The zero-order chi connectivity index (χ0) is 18.1. The predicted octanol–water partition coefficient (Wildman–Crippen LogP) is 3.56. The number of halogens is 1. The van der Waals surface area contributed by atoms with Crippen molar-refractivity contribution in [3.63, 3.8) is 0 Å². The maximum absolute atomic E-state index is 13.4. The Morgan fingerprint density at radius 2 is 1.92 bits per heavy atom. The molecule has 0 radical (unpaired) electrons. The molecule has 1 heterocycles. The van der Waals surface area contributed by atoms with E-state index >= 15 is 0 Å². The van der Waals surface area contributed by atoms with Crippen LogP contribution in [0.25, 0.3) is 0 Å². The Morgan fingerprint density at radius 3 is 2.69 bits per heavy atom. The molecule has 2 aromatic rings. The molecule has 1 atom stereocenters. The third-order valence-electron chi connectivity index (χ3n) is 5.44. The fourth-order valence-electron chi connectivity index (χ4n) is 3.94. The lowest BCUT2D eigenvalue weighted by Crippen LogP contribution is -2.39. The van der Waals surface area contributed by atoms with Gasteiger partial charge in [0, 0.05) is 18.7 Å². The summed E-state index contributed by atoms with van der Waals surface area (Å²) in [5, 5.41) is 5.63. The summed E-state index contributed by atoms with van der Waals surface area (Å²) in [6, 6.07) is 14.6. The molecule has 1 aliphatic carbocycles. The molecule has 0 saturated heterocycles. The number of carbonyl (C=O) groups excluding carboxylic acids is 2. The minimum Gasteiger partial charge on any atom is -0.355 e. The van der Waals surface area contributed by atoms with Crippen molar-refractivity contribution in [2.75, 3.05) is 11.9 Å². The van der Waals surface area contributed by atoms with Crippen molar-refractivity contribution < 1.29 is 14.0 Å². The summed E-state index contributed by atoms with van der Waals surface area (Å²) in [6.07, 6.45) is 2.23. The molecule has 4 nitrogen and oxygen atoms in total. The van der Waals surface area contributed by atoms with E-state index in [2.05, 4.69) is 34.9 Å². The zero-order valence-corrected chi connectivity index (χ0v) is 14.4. The maximum atomic E-state index is 13.4. The number of carbonyl (C=O) groups is 2. The first-order valence-corrected chi connectivity index (χ1v) is 9.02. The van der Waals surface area contributed by atoms with Crippen LogP contribution in [-0.4, -0.2) is 18.4 Å². The molecule has 1 aliphatic heterocycles. The molecule has 134 valence electrons. The largest absolute Gasteiger partial charge is 0.355 e. The summed E-state index contributed by atoms with van der Waals surface area (Å²) in [6.45, 7) is 0.622. The van der Waals surface area contributed by atoms with Crippen molar-refractivity contribution in [1.29, 1.82) is 0 Å². The molecule has 2 amide bonds. The Balaban J connectivity index is 1.34. The highest BCUT2D eigenvalue weighted by atomic mass is 19.1. The van der Waals surface area contributed by atoms with E-state index in [1.165, 1.54) is 17.7 Å². The Bertz CT molecular complexity index is 831. The van der Waals surface area contributed by atoms with Crippen LogP contribution < -0.4 is 10.6 Å². The van der Waals surface area contributed by atoms with Crippen LogP contribution in [0, 0.1) is 11.7 Å². The summed E-state index contributed by atoms with van der Waals surface area (Å²) in [5.74, 6) is -0.348. The van der Waals surface area contributed by atoms with Crippen LogP contribution in [0.5, 0.6) is 0 Å². The van der Waals surface area contributed by atoms with Gasteiger partial charge in [-0.05, 0) is 47.9 Å². The van der Waals surface area contributed by atoms with Crippen molar-refractivity contribution in [1.82, 2.24) is 5.32 Å². The summed E-state index contributed by atoms with van der Waals surface area (Å²) >= 11 is 0. The van der Waals surface area contributed by atoms with Gasteiger partial charge in [-0.15, -0.1) is 0 Å². The van der Waals surface area contributed by atoms with Gasteiger partial charge in [0.15, 0.2) is 0 Å². The third-order valence-corrected chi connectivity index (χ3v) is 5.44. The molecule has 1 saturated carbocycles. The molecule has 0 aromatic heterocycles. The van der Waals surface area contributed by atoms with Crippen molar-refractivity contribution in [2.45, 2.75) is 31.1 Å². The summed E-state index contributed by atoms with van der Waals surface area (Å²) in [7, 11) is 0. The number of hydrogen-bond donors (Lipinski definition) is 2. The number of rotatable bonds is 4. The molecule has 2 aromatic carbocycles. The lowest BCUT2D eigenvalue weighted by molar-refractivity contribution is -0.126. The smallest absolute Gasteiger partial charge is 0.228 e. The van der Waals surface area contributed by atoms with Crippen molar-refractivity contribution in [2.24, 2.45) is 5.92 Å². The van der Waals surface area contributed by atoms with E-state index in [0.29, 0.717) is 29.6 Å². The first kappa shape index (κ1) is 16.8. The SMILES string of the molecule is O=C1CC(C(=O)NCC2CC(c3ccccc3)C2)c2ccc(F)cc2N1. The molecule has 0 spiro atoms. The van der Waals surface area contributed by atoms with E-state index in [4.69, 9.17) is 0 Å². The van der Waals surface area contributed by atoms with E-state index in [1.807, 2.05) is 6.07 Å². The number of anilines is 1. The van der Waals surface area contributed by atoms with Crippen LogP contribution in [-0.2, 0) is 9.59 Å². The van der Waals surface area contributed by atoms with E-state index in [-0.39, 0.29) is 18.2 Å². The van der Waals surface area contributed by atoms with Crippen LogP contribution in [0.4, 0.5) is 10.1 Å². The average Bonchev–Trinajstić information content (AvgIpc) is 2.60. The van der Waals surface area contributed by atoms with Gasteiger partial charge in [-0.25, -0.2) is 4.39 Å². The lowest BCUT2D eigenvalue weighted by Gasteiger charge is -2.36. The van der Waals surface area contributed by atoms with Crippen molar-refractivity contribution >= 4 is 17.5 Å². The van der Waals surface area contributed by atoms with Gasteiger partial charge in [0.05, 0.1) is 5.92 Å². The van der Waals surface area contributed by atoms with Gasteiger partial charge in [-0.1, -0.05) is 36.4 Å². The Labute approximate surface area is 151 Å². The summed E-state index contributed by atoms with van der Waals surface area (Å²) < 4.78 is 13.4. The second kappa shape index (κ2) is 6.90. The van der Waals surface area contributed by atoms with Crippen molar-refractivity contribution in [3.8, 4) is 0 Å². The van der Waals surface area contributed by atoms with Gasteiger partial charge in [0.2, 0.25) is 11.8 Å². The second-order valence-corrected chi connectivity index (χ2v) is 7.23. The summed E-state index contributed by atoms with van der Waals surface area (Å²) in [4.78, 5) is 24.4. The van der Waals surface area contributed by atoms with Gasteiger partial charge < -0.3 is 10.6 Å². The van der Waals surface area contributed by atoms with E-state index in [9.17, 15) is 14.0 Å². The molecule has 1 fully saturated rings. The number of benzene rings is 2. The highest BCUT2D eigenvalue weighted by Gasteiger charge is 2.33. The Morgan fingerprint density at radius 1 is 1.15 bits per heavy atom. The highest BCUT2D eigenvalue weighted by molar-refractivity contribution is 6.01. The summed E-state index contributed by atoms with van der Waals surface area (Å²) in [5.41, 5.74) is 2.43. The maximum Gasteiger partial charge on any atom is 0.228 e. The Kier molecular flexibility index (Phi) is 4.45.